The Labute approximate surface area is 182 Å². The zero-order chi connectivity index (χ0) is 22.3. The molecule has 1 aromatic carbocycles. The molecule has 0 fully saturated rings. The van der Waals surface area contributed by atoms with Crippen LogP contribution in [0.1, 0.15) is 37.0 Å². The molecule has 0 spiro atoms. The van der Waals surface area contributed by atoms with Crippen LogP contribution in [0.5, 0.6) is 0 Å². The number of carbonyl (C=O) groups is 2. The van der Waals surface area contributed by atoms with Gasteiger partial charge in [0, 0.05) is 18.3 Å². The molecule has 1 atom stereocenters. The van der Waals surface area contributed by atoms with E-state index >= 15 is 0 Å². The molecule has 4 rings (SSSR count). The monoisotopic (exact) mass is 492 g/mol. The summed E-state index contributed by atoms with van der Waals surface area (Å²) in [5, 5.41) is 23.0. The van der Waals surface area contributed by atoms with Crippen LogP contribution in [0.15, 0.2) is 32.4 Å². The van der Waals surface area contributed by atoms with E-state index in [-0.39, 0.29) is 34.7 Å². The van der Waals surface area contributed by atoms with Crippen LogP contribution in [0.2, 0.25) is 0 Å². The Bertz CT molecular complexity index is 1220. The number of hydrazone groups is 1. The lowest BCUT2D eigenvalue weighted by Crippen LogP contribution is -2.26. The summed E-state index contributed by atoms with van der Waals surface area (Å²) in [6, 6.07) is 4.28. The van der Waals surface area contributed by atoms with E-state index in [1.165, 1.54) is 36.7 Å². The van der Waals surface area contributed by atoms with Crippen molar-refractivity contribution < 1.29 is 23.3 Å². The average Bonchev–Trinajstić information content (AvgIpc) is 3.41. The van der Waals surface area contributed by atoms with Gasteiger partial charge in [-0.3, -0.25) is 9.59 Å². The quantitative estimate of drug-likeness (QED) is 0.583. The zero-order valence-electron chi connectivity index (χ0n) is 16.3. The van der Waals surface area contributed by atoms with Crippen LogP contribution in [0, 0.1) is 12.7 Å². The van der Waals surface area contributed by atoms with Crippen molar-refractivity contribution in [2.45, 2.75) is 27.0 Å². The van der Waals surface area contributed by atoms with Gasteiger partial charge in [0.25, 0.3) is 5.90 Å². The molecule has 2 amide bonds. The van der Waals surface area contributed by atoms with Gasteiger partial charge in [-0.25, -0.2) is 9.02 Å². The first-order chi connectivity index (χ1) is 14.8. The van der Waals surface area contributed by atoms with Gasteiger partial charge in [0.1, 0.15) is 5.82 Å². The predicted molar refractivity (Wildman–Crippen MR) is 105 cm³/mol. The minimum absolute atomic E-state index is 0.0409. The van der Waals surface area contributed by atoms with E-state index in [9.17, 15) is 14.0 Å². The van der Waals surface area contributed by atoms with Crippen molar-refractivity contribution in [3.05, 3.63) is 45.4 Å². The molecule has 0 saturated heterocycles. The van der Waals surface area contributed by atoms with Gasteiger partial charge in [0.05, 0.1) is 11.3 Å². The first-order valence-corrected chi connectivity index (χ1v) is 9.58. The lowest BCUT2D eigenvalue weighted by molar-refractivity contribution is -0.135. The Kier molecular flexibility index (Phi) is 5.22. The molecule has 1 unspecified atom stereocenters. The number of nitrogens with one attached hydrogen (secondary N) is 1. The standard InChI is InChI=1S/C17H14BrFN8O4/c1-7-13(21-25-26(7)15-14(20-8(2)28)23-31-24-15)16-22-27(9(3)29)17(30-16)11-6-10(18)4-5-12(11)19/h4-6,17H,1-3H3,(H,20,23,28). The molecule has 14 heteroatoms. The van der Waals surface area contributed by atoms with E-state index < -0.39 is 18.0 Å². The van der Waals surface area contributed by atoms with Gasteiger partial charge >= 0.3 is 0 Å². The third-order valence-electron chi connectivity index (χ3n) is 4.25. The maximum Gasteiger partial charge on any atom is 0.263 e. The number of hydrogen-bond acceptors (Lipinski definition) is 9. The van der Waals surface area contributed by atoms with E-state index in [1.807, 2.05) is 0 Å². The van der Waals surface area contributed by atoms with Crippen LogP contribution in [-0.2, 0) is 14.3 Å². The third-order valence-corrected chi connectivity index (χ3v) is 4.75. The summed E-state index contributed by atoms with van der Waals surface area (Å²) >= 11 is 3.28. The van der Waals surface area contributed by atoms with Crippen molar-refractivity contribution >= 4 is 39.5 Å². The molecule has 1 aliphatic heterocycles. The lowest BCUT2D eigenvalue weighted by atomic mass is 10.2. The number of ether oxygens (including phenoxy) is 1. The number of rotatable bonds is 4. The van der Waals surface area contributed by atoms with E-state index in [0.717, 1.165) is 5.01 Å². The summed E-state index contributed by atoms with van der Waals surface area (Å²) in [6.45, 7) is 4.22. The van der Waals surface area contributed by atoms with Gasteiger partial charge in [0.15, 0.2) is 5.69 Å². The highest BCUT2D eigenvalue weighted by Crippen LogP contribution is 2.33. The first-order valence-electron chi connectivity index (χ1n) is 8.79. The van der Waals surface area contributed by atoms with Gasteiger partial charge in [0.2, 0.25) is 29.7 Å². The molecule has 2 aromatic heterocycles. The molecule has 0 saturated carbocycles. The molecule has 0 radical (unpaired) electrons. The second-order valence-electron chi connectivity index (χ2n) is 6.46. The van der Waals surface area contributed by atoms with E-state index in [2.05, 4.69) is 51.6 Å². The highest BCUT2D eigenvalue weighted by atomic mass is 79.9. The number of halogens is 2. The molecule has 1 N–H and O–H groups in total. The number of nitrogens with zero attached hydrogens (tertiary/aromatic N) is 7. The smallest absolute Gasteiger partial charge is 0.263 e. The van der Waals surface area contributed by atoms with Crippen molar-refractivity contribution in [2.24, 2.45) is 5.10 Å². The van der Waals surface area contributed by atoms with Crippen molar-refractivity contribution in [3.63, 3.8) is 0 Å². The SMILES string of the molecule is CC(=O)Nc1nonc1-n1nnc(C2=NN(C(C)=O)C(c3cc(Br)ccc3F)O2)c1C. The fraction of sp³-hybridized carbons (Fsp3) is 0.235. The molecule has 0 bridgehead atoms. The fourth-order valence-electron chi connectivity index (χ4n) is 2.86. The fourth-order valence-corrected chi connectivity index (χ4v) is 3.24. The van der Waals surface area contributed by atoms with E-state index in [4.69, 9.17) is 4.74 Å². The van der Waals surface area contributed by atoms with Crippen molar-refractivity contribution in [1.82, 2.24) is 30.3 Å². The zero-order valence-corrected chi connectivity index (χ0v) is 17.9. The Hall–Kier alpha value is -3.68. The average molecular weight is 493 g/mol. The topological polar surface area (TPSA) is 141 Å². The van der Waals surface area contributed by atoms with Crippen LogP contribution in [0.25, 0.3) is 5.82 Å². The molecule has 3 aromatic rings. The highest BCUT2D eigenvalue weighted by molar-refractivity contribution is 9.10. The van der Waals surface area contributed by atoms with Crippen molar-refractivity contribution in [1.29, 1.82) is 0 Å². The van der Waals surface area contributed by atoms with Gasteiger partial charge in [-0.1, -0.05) is 21.1 Å². The maximum atomic E-state index is 14.4. The maximum absolute atomic E-state index is 14.4. The minimum atomic E-state index is -1.13. The molecular weight excluding hydrogens is 479 g/mol. The van der Waals surface area contributed by atoms with Crippen LogP contribution < -0.4 is 5.32 Å². The molecule has 3 heterocycles. The Balaban J connectivity index is 1.70. The van der Waals surface area contributed by atoms with Crippen molar-refractivity contribution in [3.8, 4) is 5.82 Å². The summed E-state index contributed by atoms with van der Waals surface area (Å²) in [7, 11) is 0. The van der Waals surface area contributed by atoms with Crippen LogP contribution in [-0.4, -0.2) is 48.0 Å². The molecule has 0 aliphatic carbocycles. The molecule has 160 valence electrons. The lowest BCUT2D eigenvalue weighted by Gasteiger charge is -2.19. The Morgan fingerprint density at radius 3 is 2.74 bits per heavy atom. The third kappa shape index (κ3) is 3.76. The summed E-state index contributed by atoms with van der Waals surface area (Å²) in [5.74, 6) is -1.32. The van der Waals surface area contributed by atoms with Gasteiger partial charge in [-0.2, -0.15) is 9.69 Å². The Morgan fingerprint density at radius 1 is 1.26 bits per heavy atom. The molecule has 12 nitrogen and oxygen atoms in total. The minimum Gasteiger partial charge on any atom is -0.444 e. The number of aromatic nitrogens is 5. The Morgan fingerprint density at radius 2 is 2.03 bits per heavy atom. The summed E-state index contributed by atoms with van der Waals surface area (Å²) < 4.78 is 26.8. The van der Waals surface area contributed by atoms with Gasteiger partial charge in [-0.05, 0) is 35.4 Å². The van der Waals surface area contributed by atoms with E-state index in [1.54, 1.807) is 6.92 Å². The first kappa shape index (κ1) is 20.6. The van der Waals surface area contributed by atoms with E-state index in [0.29, 0.717) is 10.2 Å². The number of hydrogen-bond donors (Lipinski definition) is 1. The number of anilines is 1. The van der Waals surface area contributed by atoms with Gasteiger partial charge < -0.3 is 10.1 Å². The molecular formula is C17H14BrFN8O4. The largest absolute Gasteiger partial charge is 0.444 e. The predicted octanol–water partition coefficient (Wildman–Crippen LogP) is 2.06. The number of amides is 2. The van der Waals surface area contributed by atoms with Crippen molar-refractivity contribution in [2.75, 3.05) is 5.32 Å². The molecule has 1 aliphatic rings. The second-order valence-corrected chi connectivity index (χ2v) is 7.37. The van der Waals surface area contributed by atoms with Gasteiger partial charge in [-0.15, -0.1) is 10.2 Å². The summed E-state index contributed by atoms with van der Waals surface area (Å²) in [5.41, 5.74) is 0.697. The van der Waals surface area contributed by atoms with Crippen LogP contribution in [0.4, 0.5) is 10.2 Å². The van der Waals surface area contributed by atoms with Crippen LogP contribution >= 0.6 is 15.9 Å². The summed E-state index contributed by atoms with van der Waals surface area (Å²) in [4.78, 5) is 23.5. The second kappa shape index (κ2) is 7.86. The van der Waals surface area contributed by atoms with Crippen LogP contribution in [0.3, 0.4) is 0 Å². The number of carbonyl (C=O) groups excluding carboxylic acids is 2. The summed E-state index contributed by atoms with van der Waals surface area (Å²) in [6.07, 6.45) is -1.13. The molecule has 31 heavy (non-hydrogen) atoms. The highest BCUT2D eigenvalue weighted by Gasteiger charge is 2.37. The number of benzene rings is 1. The normalized spacial score (nSPS) is 15.6.